The van der Waals surface area contributed by atoms with Gasteiger partial charge in [0.1, 0.15) is 6.42 Å². The molecular formula is C17H33LiO4. The zero-order valence-corrected chi connectivity index (χ0v) is 14.9. The van der Waals surface area contributed by atoms with Crippen LogP contribution in [0.1, 0.15) is 78.6 Å². The first-order chi connectivity index (χ1) is 9.81. The van der Waals surface area contributed by atoms with Gasteiger partial charge in [0.05, 0.1) is 0 Å². The van der Waals surface area contributed by atoms with Crippen molar-refractivity contribution in [2.45, 2.75) is 78.6 Å². The van der Waals surface area contributed by atoms with E-state index in [0.29, 0.717) is 5.92 Å². The Bertz CT molecular complexity index is 255. The van der Waals surface area contributed by atoms with Crippen LogP contribution in [-0.4, -0.2) is 22.2 Å². The number of hydrogen-bond acceptors (Lipinski definition) is 2. The normalized spacial score (nSPS) is 11.1. The first-order valence-corrected chi connectivity index (χ1v) is 8.07. The predicted molar refractivity (Wildman–Crippen MR) is 86.2 cm³/mol. The van der Waals surface area contributed by atoms with Gasteiger partial charge in [0, 0.05) is 0 Å². The third kappa shape index (κ3) is 24.5. The molecule has 0 aromatic rings. The van der Waals surface area contributed by atoms with Crippen molar-refractivity contribution in [2.75, 3.05) is 0 Å². The van der Waals surface area contributed by atoms with E-state index in [2.05, 4.69) is 27.7 Å². The van der Waals surface area contributed by atoms with E-state index in [1.807, 2.05) is 0 Å². The van der Waals surface area contributed by atoms with E-state index in [1.165, 1.54) is 51.4 Å². The van der Waals surface area contributed by atoms with Crippen molar-refractivity contribution in [3.8, 4) is 0 Å². The van der Waals surface area contributed by atoms with E-state index in [9.17, 15) is 9.59 Å². The Morgan fingerprint density at radius 3 is 1.64 bits per heavy atom. The van der Waals surface area contributed by atoms with Crippen LogP contribution in [0.5, 0.6) is 0 Å². The molecule has 0 aliphatic heterocycles. The van der Waals surface area contributed by atoms with Crippen LogP contribution in [-0.2, 0) is 9.59 Å². The summed E-state index contributed by atoms with van der Waals surface area (Å²) < 4.78 is 0. The van der Waals surface area contributed by atoms with E-state index in [-0.39, 0.29) is 18.9 Å². The van der Waals surface area contributed by atoms with Crippen LogP contribution in [0.2, 0.25) is 0 Å². The third-order valence-corrected chi connectivity index (χ3v) is 3.42. The molecule has 0 spiro atoms. The van der Waals surface area contributed by atoms with Crippen molar-refractivity contribution in [3.05, 3.63) is 6.92 Å². The van der Waals surface area contributed by atoms with E-state index in [4.69, 9.17) is 10.2 Å². The summed E-state index contributed by atoms with van der Waals surface area (Å²) in [6, 6.07) is 0. The minimum atomic E-state index is -1.31. The van der Waals surface area contributed by atoms with Crippen LogP contribution >= 0.6 is 0 Å². The Morgan fingerprint density at radius 1 is 0.909 bits per heavy atom. The molecule has 126 valence electrons. The Kier molecular flexibility index (Phi) is 22.3. The summed E-state index contributed by atoms with van der Waals surface area (Å²) in [6.45, 7) is 11.0. The fourth-order valence-corrected chi connectivity index (χ4v) is 1.83. The van der Waals surface area contributed by atoms with Gasteiger partial charge in [-0.25, -0.2) is 0 Å². The molecule has 1 unspecified atom stereocenters. The number of carbonyl (C=O) groups is 2. The van der Waals surface area contributed by atoms with Gasteiger partial charge in [0.25, 0.3) is 0 Å². The SMILES string of the molecule is O=C(O)CC(=O)O.[CH2-]C(CCCCCCCCC)C(C)C.[Li+]. The standard InChI is InChI=1S/C14H29.C3H4O4.Li/c1-5-6-7-8-9-10-11-12-14(4)13(2)3;4-2(5)1-3(6)7;/h13-14H,4-12H2,1-3H3;1H2,(H,4,5)(H,6,7);/q-1;;+1. The molecule has 5 heteroatoms. The van der Waals surface area contributed by atoms with Gasteiger partial charge in [-0.05, 0) is 0 Å². The molecule has 0 aliphatic carbocycles. The number of rotatable bonds is 11. The first-order valence-electron chi connectivity index (χ1n) is 8.07. The van der Waals surface area contributed by atoms with Crippen molar-refractivity contribution >= 4 is 11.9 Å². The van der Waals surface area contributed by atoms with E-state index < -0.39 is 18.4 Å². The second-order valence-corrected chi connectivity index (χ2v) is 5.88. The molecule has 22 heavy (non-hydrogen) atoms. The fourth-order valence-electron chi connectivity index (χ4n) is 1.83. The number of carboxylic acids is 2. The van der Waals surface area contributed by atoms with E-state index in [0.717, 1.165) is 5.92 Å². The van der Waals surface area contributed by atoms with Crippen LogP contribution in [0.15, 0.2) is 0 Å². The largest absolute Gasteiger partial charge is 1.00 e. The Labute approximate surface area is 148 Å². The molecule has 0 radical (unpaired) electrons. The van der Waals surface area contributed by atoms with Crippen LogP contribution in [0.25, 0.3) is 0 Å². The van der Waals surface area contributed by atoms with Crippen LogP contribution in [0.3, 0.4) is 0 Å². The molecule has 0 aromatic carbocycles. The van der Waals surface area contributed by atoms with Gasteiger partial charge in [-0.3, -0.25) is 9.59 Å². The summed E-state index contributed by atoms with van der Waals surface area (Å²) in [7, 11) is 0. The molecule has 0 saturated heterocycles. The van der Waals surface area contributed by atoms with Crippen LogP contribution in [0, 0.1) is 18.8 Å². The van der Waals surface area contributed by atoms with Crippen molar-refractivity contribution in [3.63, 3.8) is 0 Å². The summed E-state index contributed by atoms with van der Waals surface area (Å²) in [4.78, 5) is 18.9. The average Bonchev–Trinajstić information content (AvgIpc) is 2.36. The summed E-state index contributed by atoms with van der Waals surface area (Å²) in [6.07, 6.45) is 10.4. The summed E-state index contributed by atoms with van der Waals surface area (Å²) >= 11 is 0. The quantitative estimate of drug-likeness (QED) is 0.264. The minimum Gasteiger partial charge on any atom is -0.481 e. The maximum absolute atomic E-state index is 9.43. The molecule has 0 rings (SSSR count). The minimum absolute atomic E-state index is 0. The molecule has 4 nitrogen and oxygen atoms in total. The number of unbranched alkanes of at least 4 members (excludes halogenated alkanes) is 6. The van der Waals surface area contributed by atoms with Crippen molar-refractivity contribution < 1.29 is 38.7 Å². The van der Waals surface area contributed by atoms with Gasteiger partial charge in [0.15, 0.2) is 0 Å². The summed E-state index contributed by atoms with van der Waals surface area (Å²) in [5.41, 5.74) is 0. The molecule has 0 saturated carbocycles. The Morgan fingerprint density at radius 2 is 1.32 bits per heavy atom. The van der Waals surface area contributed by atoms with Crippen molar-refractivity contribution in [1.29, 1.82) is 0 Å². The van der Waals surface area contributed by atoms with Crippen LogP contribution < -0.4 is 18.9 Å². The monoisotopic (exact) mass is 308 g/mol. The van der Waals surface area contributed by atoms with E-state index in [1.54, 1.807) is 0 Å². The Hall–Kier alpha value is -0.463. The van der Waals surface area contributed by atoms with Gasteiger partial charge in [-0.2, -0.15) is 5.92 Å². The maximum atomic E-state index is 9.43. The number of aliphatic carboxylic acids is 2. The van der Waals surface area contributed by atoms with Gasteiger partial charge in [0.2, 0.25) is 0 Å². The molecule has 0 fully saturated rings. The molecule has 0 aliphatic rings. The van der Waals surface area contributed by atoms with Gasteiger partial charge in [-0.15, -0.1) is 0 Å². The second kappa shape index (κ2) is 18.6. The molecule has 0 aromatic heterocycles. The van der Waals surface area contributed by atoms with Gasteiger partial charge < -0.3 is 17.1 Å². The van der Waals surface area contributed by atoms with Gasteiger partial charge in [-0.1, -0.05) is 78.1 Å². The molecule has 0 amide bonds. The smallest absolute Gasteiger partial charge is 0.481 e. The maximum Gasteiger partial charge on any atom is 1.00 e. The predicted octanol–water partition coefficient (Wildman–Crippen LogP) is 1.78. The van der Waals surface area contributed by atoms with E-state index >= 15 is 0 Å². The molecule has 0 bridgehead atoms. The topological polar surface area (TPSA) is 74.6 Å². The molecule has 0 heterocycles. The third-order valence-electron chi connectivity index (χ3n) is 3.42. The number of hydrogen-bond donors (Lipinski definition) is 2. The van der Waals surface area contributed by atoms with Crippen molar-refractivity contribution in [2.24, 2.45) is 11.8 Å². The van der Waals surface area contributed by atoms with Crippen molar-refractivity contribution in [1.82, 2.24) is 0 Å². The Balaban J connectivity index is -0.000000385. The fraction of sp³-hybridized carbons (Fsp3) is 0.824. The summed E-state index contributed by atoms with van der Waals surface area (Å²) in [5.74, 6) is -1.19. The zero-order chi connectivity index (χ0) is 16.7. The second-order valence-electron chi connectivity index (χ2n) is 5.88. The molecule has 2 N–H and O–H groups in total. The number of carboxylic acid groups (broad SMARTS) is 2. The zero-order valence-electron chi connectivity index (χ0n) is 14.9. The average molecular weight is 308 g/mol. The summed E-state index contributed by atoms with van der Waals surface area (Å²) in [5, 5.41) is 15.4. The molecular weight excluding hydrogens is 275 g/mol. The molecule has 1 atom stereocenters. The van der Waals surface area contributed by atoms with Gasteiger partial charge >= 0.3 is 30.8 Å². The van der Waals surface area contributed by atoms with Crippen LogP contribution in [0.4, 0.5) is 0 Å². The first kappa shape index (κ1) is 26.4.